The van der Waals surface area contributed by atoms with Crippen molar-refractivity contribution in [2.45, 2.75) is 13.3 Å². The Hall–Kier alpha value is -3.42. The van der Waals surface area contributed by atoms with Crippen molar-refractivity contribution in [3.8, 4) is 0 Å². The molecule has 2 rings (SSSR count). The molecule has 2 atom stereocenters. The molecule has 0 amide bonds. The third kappa shape index (κ3) is 3.80. The normalized spacial score (nSPS) is 19.3. The lowest BCUT2D eigenvalue weighted by Gasteiger charge is -2.24. The van der Waals surface area contributed by atoms with Gasteiger partial charge in [-0.3, -0.25) is 0 Å². The molecule has 1 aliphatic carbocycles. The molecule has 136 valence electrons. The number of carbonyl (C=O) groups is 4. The van der Waals surface area contributed by atoms with Gasteiger partial charge in [0.2, 0.25) is 0 Å². The molecular formula is C18H16O8. The van der Waals surface area contributed by atoms with Gasteiger partial charge in [0.05, 0.1) is 22.3 Å². The topological polar surface area (TPSA) is 149 Å². The minimum Gasteiger partial charge on any atom is -0.478 e. The van der Waals surface area contributed by atoms with Crippen LogP contribution < -0.4 is 0 Å². The van der Waals surface area contributed by atoms with Gasteiger partial charge in [0.25, 0.3) is 0 Å². The van der Waals surface area contributed by atoms with Crippen LogP contribution in [0.15, 0.2) is 41.5 Å². The summed E-state index contributed by atoms with van der Waals surface area (Å²) in [6.07, 6.45) is 2.95. The van der Waals surface area contributed by atoms with Gasteiger partial charge in [-0.15, -0.1) is 0 Å². The molecule has 0 fully saturated rings. The highest BCUT2D eigenvalue weighted by Gasteiger charge is 2.29. The van der Waals surface area contributed by atoms with Crippen molar-refractivity contribution in [3.05, 3.63) is 58.2 Å². The molecule has 8 nitrogen and oxygen atoms in total. The molecule has 1 aliphatic rings. The highest BCUT2D eigenvalue weighted by Crippen LogP contribution is 2.31. The molecule has 0 saturated carbocycles. The van der Waals surface area contributed by atoms with Crippen molar-refractivity contribution < 1.29 is 39.6 Å². The van der Waals surface area contributed by atoms with Gasteiger partial charge in [0.15, 0.2) is 0 Å². The van der Waals surface area contributed by atoms with E-state index in [1.807, 2.05) is 0 Å². The second-order valence-electron chi connectivity index (χ2n) is 5.99. The van der Waals surface area contributed by atoms with Crippen LogP contribution in [0.5, 0.6) is 0 Å². The zero-order valence-electron chi connectivity index (χ0n) is 13.7. The second-order valence-corrected chi connectivity index (χ2v) is 5.99. The summed E-state index contributed by atoms with van der Waals surface area (Å²) in [7, 11) is 0. The maximum atomic E-state index is 11.3. The number of benzene rings is 1. The number of aromatic carboxylic acids is 2. The van der Waals surface area contributed by atoms with Crippen molar-refractivity contribution in [1.29, 1.82) is 0 Å². The number of carboxylic acids is 4. The summed E-state index contributed by atoms with van der Waals surface area (Å²) in [6.45, 7) is 1.73. The van der Waals surface area contributed by atoms with Crippen LogP contribution in [0.3, 0.4) is 0 Å². The Morgan fingerprint density at radius 1 is 0.808 bits per heavy atom. The highest BCUT2D eigenvalue weighted by molar-refractivity contribution is 6.06. The summed E-state index contributed by atoms with van der Waals surface area (Å²) in [4.78, 5) is 44.9. The van der Waals surface area contributed by atoms with Crippen molar-refractivity contribution in [1.82, 2.24) is 0 Å². The van der Waals surface area contributed by atoms with Crippen LogP contribution in [-0.4, -0.2) is 44.3 Å². The first kappa shape index (κ1) is 18.9. The van der Waals surface area contributed by atoms with Crippen LogP contribution in [0.4, 0.5) is 0 Å². The van der Waals surface area contributed by atoms with Crippen molar-refractivity contribution in [3.63, 3.8) is 0 Å². The zero-order valence-corrected chi connectivity index (χ0v) is 13.7. The first-order chi connectivity index (χ1) is 12.1. The lowest BCUT2D eigenvalue weighted by Crippen LogP contribution is -2.22. The fourth-order valence-electron chi connectivity index (χ4n) is 2.90. The van der Waals surface area contributed by atoms with E-state index in [-0.39, 0.29) is 40.5 Å². The number of hydrogen-bond donors (Lipinski definition) is 4. The van der Waals surface area contributed by atoms with Crippen LogP contribution in [0.1, 0.15) is 33.2 Å². The minimum absolute atomic E-state index is 0.238. The smallest absolute Gasteiger partial charge is 0.336 e. The molecule has 8 heteroatoms. The van der Waals surface area contributed by atoms with E-state index in [0.717, 1.165) is 0 Å². The van der Waals surface area contributed by atoms with E-state index in [0.29, 0.717) is 5.56 Å². The fraction of sp³-hybridized carbons (Fsp3) is 0.222. The van der Waals surface area contributed by atoms with Gasteiger partial charge in [-0.1, -0.05) is 25.1 Å². The van der Waals surface area contributed by atoms with Crippen molar-refractivity contribution in [2.75, 3.05) is 0 Å². The largest absolute Gasteiger partial charge is 0.478 e. The van der Waals surface area contributed by atoms with Gasteiger partial charge in [0, 0.05) is 0 Å². The summed E-state index contributed by atoms with van der Waals surface area (Å²) in [5.41, 5.74) is -0.789. The van der Waals surface area contributed by atoms with Crippen LogP contribution in [-0.2, 0) is 16.0 Å². The summed E-state index contributed by atoms with van der Waals surface area (Å²) in [5, 5.41) is 36.6. The third-order valence-corrected chi connectivity index (χ3v) is 4.25. The van der Waals surface area contributed by atoms with E-state index in [4.69, 9.17) is 10.2 Å². The van der Waals surface area contributed by atoms with E-state index >= 15 is 0 Å². The molecule has 0 saturated heterocycles. The molecule has 0 spiro atoms. The molecule has 4 N–H and O–H groups in total. The first-order valence-electron chi connectivity index (χ1n) is 7.62. The summed E-state index contributed by atoms with van der Waals surface area (Å²) >= 11 is 0. The number of allylic oxidation sites excluding steroid dienone is 2. The highest BCUT2D eigenvalue weighted by atomic mass is 16.4. The SMILES string of the molecule is CC1C=C(C(=O)O)C(C(=O)O)=CC1Cc1ccc(C(=O)O)c(C(=O)O)c1. The van der Waals surface area contributed by atoms with Gasteiger partial charge in [-0.05, 0) is 36.0 Å². The molecule has 0 bridgehead atoms. The quantitative estimate of drug-likeness (QED) is 0.601. The van der Waals surface area contributed by atoms with Crippen LogP contribution in [0, 0.1) is 11.8 Å². The molecule has 0 radical (unpaired) electrons. The molecule has 26 heavy (non-hydrogen) atoms. The fourth-order valence-corrected chi connectivity index (χ4v) is 2.90. The molecule has 1 aromatic carbocycles. The molecule has 1 aromatic rings. The van der Waals surface area contributed by atoms with E-state index < -0.39 is 23.9 Å². The van der Waals surface area contributed by atoms with Gasteiger partial charge in [-0.25, -0.2) is 19.2 Å². The van der Waals surface area contributed by atoms with E-state index in [1.165, 1.54) is 30.4 Å². The molecule has 2 unspecified atom stereocenters. The zero-order chi connectivity index (χ0) is 19.6. The number of carboxylic acid groups (broad SMARTS) is 4. The number of rotatable bonds is 6. The van der Waals surface area contributed by atoms with Gasteiger partial charge in [-0.2, -0.15) is 0 Å². The van der Waals surface area contributed by atoms with E-state index in [1.54, 1.807) is 6.92 Å². The number of aliphatic carboxylic acids is 2. The van der Waals surface area contributed by atoms with Gasteiger partial charge < -0.3 is 20.4 Å². The molecular weight excluding hydrogens is 344 g/mol. The second kappa shape index (κ2) is 7.22. The van der Waals surface area contributed by atoms with Crippen LogP contribution >= 0.6 is 0 Å². The number of hydrogen-bond acceptors (Lipinski definition) is 4. The predicted molar refractivity (Wildman–Crippen MR) is 88.2 cm³/mol. The lowest BCUT2D eigenvalue weighted by atomic mass is 9.79. The minimum atomic E-state index is -1.38. The van der Waals surface area contributed by atoms with Gasteiger partial charge in [0.1, 0.15) is 0 Å². The Labute approximate surface area is 147 Å². The Bertz CT molecular complexity index is 862. The van der Waals surface area contributed by atoms with Gasteiger partial charge >= 0.3 is 23.9 Å². The van der Waals surface area contributed by atoms with Crippen molar-refractivity contribution in [2.24, 2.45) is 11.8 Å². The summed E-state index contributed by atoms with van der Waals surface area (Å²) < 4.78 is 0. The first-order valence-corrected chi connectivity index (χ1v) is 7.62. The average molecular weight is 360 g/mol. The van der Waals surface area contributed by atoms with E-state index in [9.17, 15) is 29.4 Å². The molecule has 0 aliphatic heterocycles. The Morgan fingerprint density at radius 2 is 1.35 bits per heavy atom. The van der Waals surface area contributed by atoms with E-state index in [2.05, 4.69) is 0 Å². The van der Waals surface area contributed by atoms with Crippen molar-refractivity contribution >= 4 is 23.9 Å². The summed E-state index contributed by atoms with van der Waals surface area (Å²) in [5.74, 6) is -6.10. The monoisotopic (exact) mass is 360 g/mol. The maximum absolute atomic E-state index is 11.3. The Morgan fingerprint density at radius 3 is 1.85 bits per heavy atom. The average Bonchev–Trinajstić information content (AvgIpc) is 2.55. The Kier molecular flexibility index (Phi) is 5.25. The van der Waals surface area contributed by atoms with Crippen LogP contribution in [0.25, 0.3) is 0 Å². The summed E-state index contributed by atoms with van der Waals surface area (Å²) in [6, 6.07) is 3.89. The molecule has 0 aromatic heterocycles. The van der Waals surface area contributed by atoms with Crippen LogP contribution in [0.2, 0.25) is 0 Å². The lowest BCUT2D eigenvalue weighted by molar-refractivity contribution is -0.136. The standard InChI is InChI=1S/C18H16O8/c1-8-4-12(16(21)22)14(18(25)26)7-10(8)5-9-2-3-11(15(19)20)13(6-9)17(23)24/h2-4,6-8,10H,5H2,1H3,(H,19,20)(H,21,22)(H,23,24)(H,25,26). The third-order valence-electron chi connectivity index (χ3n) is 4.25. The predicted octanol–water partition coefficient (Wildman–Crippen LogP) is 1.91. The maximum Gasteiger partial charge on any atom is 0.336 e. The Balaban J connectivity index is 2.38. The molecule has 0 heterocycles.